The van der Waals surface area contributed by atoms with Crippen molar-refractivity contribution in [1.82, 2.24) is 9.78 Å². The maximum absolute atomic E-state index is 12.2. The molecule has 0 bridgehead atoms. The fourth-order valence-electron chi connectivity index (χ4n) is 1.91. The van der Waals surface area contributed by atoms with Crippen LogP contribution in [0.3, 0.4) is 0 Å². The van der Waals surface area contributed by atoms with Gasteiger partial charge in [0.1, 0.15) is 11.6 Å². The average molecular weight is 313 g/mol. The van der Waals surface area contributed by atoms with E-state index in [1.807, 2.05) is 26.8 Å². The lowest BCUT2D eigenvalue weighted by molar-refractivity contribution is -0.274. The Morgan fingerprint density at radius 1 is 1.09 bits per heavy atom. The van der Waals surface area contributed by atoms with Crippen molar-refractivity contribution in [2.45, 2.75) is 32.5 Å². The van der Waals surface area contributed by atoms with Crippen molar-refractivity contribution in [3.8, 4) is 11.4 Å². The zero-order chi connectivity index (χ0) is 16.5. The molecule has 1 heterocycles. The van der Waals surface area contributed by atoms with Crippen LogP contribution in [0.5, 0.6) is 5.75 Å². The van der Waals surface area contributed by atoms with Crippen LogP contribution < -0.4 is 10.1 Å². The number of aromatic nitrogens is 2. The van der Waals surface area contributed by atoms with Crippen molar-refractivity contribution < 1.29 is 17.9 Å². The summed E-state index contributed by atoms with van der Waals surface area (Å²) in [5.41, 5.74) is 1.40. The lowest BCUT2D eigenvalue weighted by atomic mass is 9.92. The van der Waals surface area contributed by atoms with E-state index in [4.69, 9.17) is 0 Å². The third kappa shape index (κ3) is 3.72. The molecule has 1 aromatic heterocycles. The number of rotatable bonds is 3. The molecular weight excluding hydrogens is 295 g/mol. The molecule has 1 N–H and O–H groups in total. The van der Waals surface area contributed by atoms with Crippen LogP contribution in [0.15, 0.2) is 30.3 Å². The van der Waals surface area contributed by atoms with E-state index in [1.165, 1.54) is 24.3 Å². The smallest absolute Gasteiger partial charge is 0.406 e. The summed E-state index contributed by atoms with van der Waals surface area (Å²) in [6, 6.07) is 7.50. The van der Waals surface area contributed by atoms with Gasteiger partial charge in [0, 0.05) is 18.5 Å². The molecule has 120 valence electrons. The third-order valence-corrected chi connectivity index (χ3v) is 3.05. The Balaban J connectivity index is 2.34. The van der Waals surface area contributed by atoms with Crippen molar-refractivity contribution in [2.75, 3.05) is 12.4 Å². The fraction of sp³-hybridized carbons (Fsp3) is 0.400. The van der Waals surface area contributed by atoms with E-state index in [-0.39, 0.29) is 11.2 Å². The first kappa shape index (κ1) is 16.2. The van der Waals surface area contributed by atoms with Crippen molar-refractivity contribution in [3.63, 3.8) is 0 Å². The van der Waals surface area contributed by atoms with Crippen molar-refractivity contribution in [2.24, 2.45) is 0 Å². The van der Waals surface area contributed by atoms with Crippen LogP contribution in [0.4, 0.5) is 19.0 Å². The summed E-state index contributed by atoms with van der Waals surface area (Å²) in [5, 5.41) is 7.55. The number of halogens is 3. The minimum absolute atomic E-state index is 0.129. The molecule has 0 saturated heterocycles. The van der Waals surface area contributed by atoms with Crippen LogP contribution in [0.2, 0.25) is 0 Å². The van der Waals surface area contributed by atoms with Crippen LogP contribution in [0, 0.1) is 0 Å². The first-order chi connectivity index (χ1) is 10.1. The van der Waals surface area contributed by atoms with Crippen LogP contribution in [0.25, 0.3) is 5.69 Å². The largest absolute Gasteiger partial charge is 0.573 e. The topological polar surface area (TPSA) is 39.1 Å². The second kappa shape index (κ2) is 5.55. The molecule has 0 saturated carbocycles. The predicted molar refractivity (Wildman–Crippen MR) is 78.5 cm³/mol. The normalized spacial score (nSPS) is 12.3. The van der Waals surface area contributed by atoms with Crippen LogP contribution in [-0.2, 0) is 5.41 Å². The van der Waals surface area contributed by atoms with Gasteiger partial charge in [0.15, 0.2) is 0 Å². The number of hydrogen-bond acceptors (Lipinski definition) is 3. The number of ether oxygens (including phenoxy) is 1. The molecule has 0 aliphatic carbocycles. The van der Waals surface area contributed by atoms with Gasteiger partial charge in [-0.15, -0.1) is 13.2 Å². The van der Waals surface area contributed by atoms with Gasteiger partial charge in [-0.3, -0.25) is 0 Å². The van der Waals surface area contributed by atoms with Gasteiger partial charge in [0.25, 0.3) is 0 Å². The van der Waals surface area contributed by atoms with Gasteiger partial charge in [0.05, 0.1) is 11.4 Å². The minimum atomic E-state index is -4.69. The summed E-state index contributed by atoms with van der Waals surface area (Å²) >= 11 is 0. The molecule has 2 aromatic rings. The Morgan fingerprint density at radius 2 is 1.68 bits per heavy atom. The molecule has 0 radical (unpaired) electrons. The zero-order valence-electron chi connectivity index (χ0n) is 12.8. The van der Waals surface area contributed by atoms with Gasteiger partial charge in [-0.05, 0) is 24.3 Å². The number of benzene rings is 1. The summed E-state index contributed by atoms with van der Waals surface area (Å²) in [5.74, 6) is 0.500. The molecule has 7 heteroatoms. The first-order valence-electron chi connectivity index (χ1n) is 6.74. The van der Waals surface area contributed by atoms with E-state index in [0.29, 0.717) is 5.69 Å². The van der Waals surface area contributed by atoms with Crippen molar-refractivity contribution in [1.29, 1.82) is 0 Å². The Hall–Kier alpha value is -2.18. The summed E-state index contributed by atoms with van der Waals surface area (Å²) < 4.78 is 42.0. The van der Waals surface area contributed by atoms with Crippen molar-refractivity contribution in [3.05, 3.63) is 36.0 Å². The highest BCUT2D eigenvalue weighted by Crippen LogP contribution is 2.28. The van der Waals surface area contributed by atoms with E-state index in [2.05, 4.69) is 15.2 Å². The summed E-state index contributed by atoms with van der Waals surface area (Å²) in [7, 11) is 1.76. The standard InChI is InChI=1S/C15H18F3N3O/c1-14(2,3)12-9-13(19-4)21(20-12)10-5-7-11(8-6-10)22-15(16,17)18/h5-9,19H,1-4H3. The Labute approximate surface area is 126 Å². The Kier molecular flexibility index (Phi) is 4.08. The van der Waals surface area contributed by atoms with Gasteiger partial charge in [-0.25, -0.2) is 4.68 Å². The summed E-state index contributed by atoms with van der Waals surface area (Å²) in [6.45, 7) is 6.12. The second-order valence-corrected chi connectivity index (χ2v) is 5.87. The van der Waals surface area contributed by atoms with E-state index in [1.54, 1.807) is 11.7 Å². The van der Waals surface area contributed by atoms with Gasteiger partial charge < -0.3 is 10.1 Å². The molecule has 1 aromatic carbocycles. The lowest BCUT2D eigenvalue weighted by Crippen LogP contribution is -2.17. The maximum Gasteiger partial charge on any atom is 0.573 e. The monoisotopic (exact) mass is 313 g/mol. The SMILES string of the molecule is CNc1cc(C(C)(C)C)nn1-c1ccc(OC(F)(F)F)cc1. The molecule has 2 rings (SSSR count). The predicted octanol–water partition coefficient (Wildman–Crippen LogP) is 4.11. The molecule has 0 aliphatic heterocycles. The lowest BCUT2D eigenvalue weighted by Gasteiger charge is -2.14. The van der Waals surface area contributed by atoms with E-state index >= 15 is 0 Å². The molecule has 0 spiro atoms. The maximum atomic E-state index is 12.2. The molecular formula is C15H18F3N3O. The molecule has 22 heavy (non-hydrogen) atoms. The van der Waals surface area contributed by atoms with E-state index in [0.717, 1.165) is 11.5 Å². The molecule has 0 fully saturated rings. The number of nitrogens with one attached hydrogen (secondary N) is 1. The van der Waals surface area contributed by atoms with Gasteiger partial charge in [-0.2, -0.15) is 5.10 Å². The molecule has 0 aliphatic rings. The number of alkyl halides is 3. The fourth-order valence-corrected chi connectivity index (χ4v) is 1.91. The van der Waals surface area contributed by atoms with Gasteiger partial charge in [0.2, 0.25) is 0 Å². The van der Waals surface area contributed by atoms with Crippen molar-refractivity contribution >= 4 is 5.82 Å². The van der Waals surface area contributed by atoms with E-state index < -0.39 is 6.36 Å². The number of nitrogens with zero attached hydrogens (tertiary/aromatic N) is 2. The minimum Gasteiger partial charge on any atom is -0.406 e. The van der Waals surface area contributed by atoms with Gasteiger partial charge >= 0.3 is 6.36 Å². The molecule has 0 amide bonds. The molecule has 4 nitrogen and oxygen atoms in total. The van der Waals surface area contributed by atoms with Gasteiger partial charge in [-0.1, -0.05) is 20.8 Å². The quantitative estimate of drug-likeness (QED) is 0.927. The third-order valence-electron chi connectivity index (χ3n) is 3.05. The highest BCUT2D eigenvalue weighted by Gasteiger charge is 2.31. The first-order valence-corrected chi connectivity index (χ1v) is 6.74. The summed E-state index contributed by atoms with van der Waals surface area (Å²) in [6.07, 6.45) is -4.69. The Bertz CT molecular complexity index is 640. The average Bonchev–Trinajstić information content (AvgIpc) is 2.81. The number of hydrogen-bond donors (Lipinski definition) is 1. The Morgan fingerprint density at radius 3 is 2.14 bits per heavy atom. The van der Waals surface area contributed by atoms with E-state index in [9.17, 15) is 13.2 Å². The second-order valence-electron chi connectivity index (χ2n) is 5.87. The van der Waals surface area contributed by atoms with Crippen LogP contribution in [-0.4, -0.2) is 23.2 Å². The zero-order valence-corrected chi connectivity index (χ0v) is 12.8. The molecule has 0 atom stereocenters. The van der Waals surface area contributed by atoms with Crippen LogP contribution >= 0.6 is 0 Å². The highest BCUT2D eigenvalue weighted by molar-refractivity contribution is 5.48. The highest BCUT2D eigenvalue weighted by atomic mass is 19.4. The number of anilines is 1. The molecule has 0 unspecified atom stereocenters. The van der Waals surface area contributed by atoms with Crippen LogP contribution in [0.1, 0.15) is 26.5 Å². The summed E-state index contributed by atoms with van der Waals surface area (Å²) in [4.78, 5) is 0.